The minimum atomic E-state index is -4.44. The van der Waals surface area contributed by atoms with E-state index < -0.39 is 26.7 Å². The van der Waals surface area contributed by atoms with E-state index in [9.17, 15) is 26.4 Å². The summed E-state index contributed by atoms with van der Waals surface area (Å²) in [6, 6.07) is 4.71. The van der Waals surface area contributed by atoms with Crippen molar-refractivity contribution in [2.45, 2.75) is 19.1 Å². The lowest BCUT2D eigenvalue weighted by atomic mass is 10.1. The normalized spacial score (nSPS) is 19.7. The van der Waals surface area contributed by atoms with E-state index in [1.807, 2.05) is 0 Å². The molecule has 1 aliphatic heterocycles. The van der Waals surface area contributed by atoms with Gasteiger partial charge in [0.05, 0.1) is 11.3 Å². The van der Waals surface area contributed by atoms with Crippen molar-refractivity contribution < 1.29 is 26.4 Å². The van der Waals surface area contributed by atoms with Crippen LogP contribution in [0.25, 0.3) is 0 Å². The number of hydrogen-bond donors (Lipinski definition) is 0. The second-order valence-electron chi connectivity index (χ2n) is 5.25. The molecule has 0 aliphatic carbocycles. The molecule has 4 nitrogen and oxygen atoms in total. The van der Waals surface area contributed by atoms with Crippen molar-refractivity contribution in [3.8, 4) is 0 Å². The van der Waals surface area contributed by atoms with Crippen molar-refractivity contribution in [2.75, 3.05) is 12.3 Å². The first kappa shape index (κ1) is 17.1. The maximum atomic E-state index is 12.6. The maximum Gasteiger partial charge on any atom is 0.416 e. The second-order valence-corrected chi connectivity index (χ2v) is 8.07. The van der Waals surface area contributed by atoms with Crippen molar-refractivity contribution in [1.29, 1.82) is 0 Å². The molecule has 1 aliphatic rings. The first-order valence-corrected chi connectivity index (χ1v) is 8.89. The molecule has 1 atom stereocenters. The number of amides is 1. The molecule has 0 bridgehead atoms. The summed E-state index contributed by atoms with van der Waals surface area (Å²) in [6.45, 7) is 0.183. The van der Waals surface area contributed by atoms with E-state index in [0.717, 1.165) is 12.1 Å². The van der Waals surface area contributed by atoms with Gasteiger partial charge in [-0.25, -0.2) is 8.42 Å². The third-order valence-electron chi connectivity index (χ3n) is 3.36. The van der Waals surface area contributed by atoms with Crippen molar-refractivity contribution in [2.24, 2.45) is 5.92 Å². The lowest BCUT2D eigenvalue weighted by Crippen LogP contribution is -2.25. The van der Waals surface area contributed by atoms with Gasteiger partial charge in [0.15, 0.2) is 0 Å². The fraction of sp³-hybridized carbons (Fsp3) is 0.462. The van der Waals surface area contributed by atoms with Crippen LogP contribution >= 0.6 is 10.7 Å². The molecule has 0 saturated carbocycles. The Bertz CT molecular complexity index is 675. The summed E-state index contributed by atoms with van der Waals surface area (Å²) in [5.74, 6) is -1.04. The van der Waals surface area contributed by atoms with Crippen LogP contribution in [0, 0.1) is 5.92 Å². The van der Waals surface area contributed by atoms with Gasteiger partial charge in [-0.1, -0.05) is 12.1 Å². The SMILES string of the molecule is O=C1CC(CS(=O)(=O)Cl)CN1Cc1cccc(C(F)(F)F)c1. The highest BCUT2D eigenvalue weighted by Crippen LogP contribution is 2.30. The van der Waals surface area contributed by atoms with Gasteiger partial charge in [0.2, 0.25) is 15.0 Å². The van der Waals surface area contributed by atoms with Crippen molar-refractivity contribution in [3.05, 3.63) is 35.4 Å². The number of nitrogens with zero attached hydrogens (tertiary/aromatic N) is 1. The highest BCUT2D eigenvalue weighted by Gasteiger charge is 2.33. The standard InChI is InChI=1S/C13H13ClF3NO3S/c14-22(20,21)8-10-5-12(19)18(7-10)6-9-2-1-3-11(4-9)13(15,16)17/h1-4,10H,5-8H2. The van der Waals surface area contributed by atoms with E-state index in [1.165, 1.54) is 17.0 Å². The summed E-state index contributed by atoms with van der Waals surface area (Å²) in [4.78, 5) is 13.2. The van der Waals surface area contributed by atoms with Crippen LogP contribution in [0.5, 0.6) is 0 Å². The molecule has 0 aromatic heterocycles. The molecule has 122 valence electrons. The average Bonchev–Trinajstić information content (AvgIpc) is 2.66. The molecule has 0 radical (unpaired) electrons. The number of rotatable bonds is 4. The summed E-state index contributed by atoms with van der Waals surface area (Å²) in [6.07, 6.45) is -4.41. The molecule has 22 heavy (non-hydrogen) atoms. The van der Waals surface area contributed by atoms with Gasteiger partial charge in [-0.3, -0.25) is 4.79 Å². The lowest BCUT2D eigenvalue weighted by Gasteiger charge is -2.17. The Morgan fingerprint density at radius 1 is 1.32 bits per heavy atom. The van der Waals surface area contributed by atoms with E-state index in [2.05, 4.69) is 0 Å². The topological polar surface area (TPSA) is 54.5 Å². The fourth-order valence-electron chi connectivity index (χ4n) is 2.47. The monoisotopic (exact) mass is 355 g/mol. The Hall–Kier alpha value is -1.28. The van der Waals surface area contributed by atoms with Gasteiger partial charge in [0.25, 0.3) is 0 Å². The Morgan fingerprint density at radius 2 is 2.00 bits per heavy atom. The number of halogens is 4. The zero-order chi connectivity index (χ0) is 16.5. The molecule has 1 saturated heterocycles. The van der Waals surface area contributed by atoms with Crippen LogP contribution in [-0.4, -0.2) is 31.5 Å². The summed E-state index contributed by atoms with van der Waals surface area (Å²) >= 11 is 0. The van der Waals surface area contributed by atoms with E-state index >= 15 is 0 Å². The number of alkyl halides is 3. The predicted molar refractivity (Wildman–Crippen MR) is 74.6 cm³/mol. The van der Waals surface area contributed by atoms with Gasteiger partial charge in [0.1, 0.15) is 0 Å². The number of carbonyl (C=O) groups is 1. The molecule has 2 rings (SSSR count). The highest BCUT2D eigenvalue weighted by molar-refractivity contribution is 8.13. The molecule has 1 aromatic carbocycles. The molecule has 1 amide bonds. The van der Waals surface area contributed by atoms with Gasteiger partial charge in [-0.15, -0.1) is 0 Å². The van der Waals surface area contributed by atoms with Gasteiger partial charge in [-0.05, 0) is 17.7 Å². The third-order valence-corrected chi connectivity index (χ3v) is 4.60. The molecule has 0 spiro atoms. The first-order chi connectivity index (χ1) is 10.0. The van der Waals surface area contributed by atoms with Gasteiger partial charge < -0.3 is 4.90 Å². The van der Waals surface area contributed by atoms with E-state index in [-0.39, 0.29) is 31.2 Å². The smallest absolute Gasteiger partial charge is 0.338 e. The number of likely N-dealkylation sites (tertiary alicyclic amines) is 1. The summed E-state index contributed by atoms with van der Waals surface area (Å²) < 4.78 is 60.0. The molecule has 1 aromatic rings. The van der Waals surface area contributed by atoms with Crippen molar-refractivity contribution >= 4 is 25.6 Å². The second kappa shape index (κ2) is 6.08. The molecule has 9 heteroatoms. The number of carbonyl (C=O) groups excluding carboxylic acids is 1. The number of benzene rings is 1. The van der Waals surface area contributed by atoms with Crippen LogP contribution in [0.1, 0.15) is 17.5 Å². The zero-order valence-corrected chi connectivity index (χ0v) is 12.9. The molecular formula is C13H13ClF3NO3S. The van der Waals surface area contributed by atoms with Gasteiger partial charge in [-0.2, -0.15) is 13.2 Å². The van der Waals surface area contributed by atoms with Crippen LogP contribution in [-0.2, 0) is 26.6 Å². The largest absolute Gasteiger partial charge is 0.416 e. The average molecular weight is 356 g/mol. The Morgan fingerprint density at radius 3 is 2.59 bits per heavy atom. The van der Waals surface area contributed by atoms with E-state index in [4.69, 9.17) is 10.7 Å². The van der Waals surface area contributed by atoms with E-state index in [0.29, 0.717) is 5.56 Å². The maximum absolute atomic E-state index is 12.6. The molecule has 1 unspecified atom stereocenters. The molecular weight excluding hydrogens is 343 g/mol. The lowest BCUT2D eigenvalue weighted by molar-refractivity contribution is -0.137. The molecule has 1 fully saturated rings. The Balaban J connectivity index is 2.07. The van der Waals surface area contributed by atoms with Crippen LogP contribution in [0.3, 0.4) is 0 Å². The quantitative estimate of drug-likeness (QED) is 0.780. The molecule has 0 N–H and O–H groups in total. The van der Waals surface area contributed by atoms with Crippen LogP contribution < -0.4 is 0 Å². The Kier molecular flexibility index (Phi) is 4.72. The van der Waals surface area contributed by atoms with E-state index in [1.54, 1.807) is 0 Å². The zero-order valence-electron chi connectivity index (χ0n) is 11.3. The first-order valence-electron chi connectivity index (χ1n) is 6.41. The van der Waals surface area contributed by atoms with Crippen molar-refractivity contribution in [1.82, 2.24) is 4.90 Å². The van der Waals surface area contributed by atoms with Gasteiger partial charge >= 0.3 is 6.18 Å². The summed E-state index contributed by atoms with van der Waals surface area (Å²) in [5, 5.41) is 0. The summed E-state index contributed by atoms with van der Waals surface area (Å²) in [5.41, 5.74) is -0.436. The summed E-state index contributed by atoms with van der Waals surface area (Å²) in [7, 11) is 1.45. The van der Waals surface area contributed by atoms with Crippen LogP contribution in [0.15, 0.2) is 24.3 Å². The highest BCUT2D eigenvalue weighted by atomic mass is 35.7. The van der Waals surface area contributed by atoms with Crippen LogP contribution in [0.4, 0.5) is 13.2 Å². The minimum Gasteiger partial charge on any atom is -0.338 e. The molecule has 1 heterocycles. The van der Waals surface area contributed by atoms with Gasteiger partial charge in [0, 0.05) is 36.1 Å². The predicted octanol–water partition coefficient (Wildman–Crippen LogP) is 2.62. The van der Waals surface area contributed by atoms with Crippen molar-refractivity contribution in [3.63, 3.8) is 0 Å². The fourth-order valence-corrected chi connectivity index (χ4v) is 3.79. The van der Waals surface area contributed by atoms with Crippen LogP contribution in [0.2, 0.25) is 0 Å². The third kappa shape index (κ3) is 4.61. The minimum absolute atomic E-state index is 0.0155. The Labute approximate surface area is 130 Å². The number of hydrogen-bond acceptors (Lipinski definition) is 3.